The molecular weight excluding hydrogens is 274 g/mol. The van der Waals surface area contributed by atoms with Gasteiger partial charge in [-0.05, 0) is 25.0 Å². The van der Waals surface area contributed by atoms with Gasteiger partial charge in [-0.2, -0.15) is 4.31 Å². The minimum Gasteiger partial charge on any atom is -0.480 e. The van der Waals surface area contributed by atoms with Crippen LogP contribution >= 0.6 is 11.3 Å². The molecule has 0 saturated heterocycles. The van der Waals surface area contributed by atoms with Crippen molar-refractivity contribution in [2.75, 3.05) is 13.1 Å². The molecule has 0 amide bonds. The molecule has 0 aliphatic rings. The van der Waals surface area contributed by atoms with Gasteiger partial charge in [0.1, 0.15) is 10.8 Å². The van der Waals surface area contributed by atoms with Gasteiger partial charge in [0.2, 0.25) is 0 Å². The summed E-state index contributed by atoms with van der Waals surface area (Å²) in [5, 5.41) is 8.81. The van der Waals surface area contributed by atoms with Crippen LogP contribution in [0.3, 0.4) is 0 Å². The third-order valence-corrected chi connectivity index (χ3v) is 5.47. The summed E-state index contributed by atoms with van der Waals surface area (Å²) in [5.41, 5.74) is 0. The van der Waals surface area contributed by atoms with Crippen molar-refractivity contribution in [3.63, 3.8) is 0 Å². The minimum absolute atomic E-state index is 0.0696. The molecule has 0 radical (unpaired) electrons. The smallest absolute Gasteiger partial charge is 0.318 e. The molecule has 5 nitrogen and oxygen atoms in total. The number of sulfonamides is 1. The van der Waals surface area contributed by atoms with Crippen LogP contribution in [-0.4, -0.2) is 36.9 Å². The van der Waals surface area contributed by atoms with Gasteiger partial charge in [-0.3, -0.25) is 4.79 Å². The van der Waals surface area contributed by atoms with Crippen LogP contribution in [0.25, 0.3) is 0 Å². The maximum Gasteiger partial charge on any atom is 0.318 e. The predicted octanol–water partition coefficient (Wildman–Crippen LogP) is 1.79. The van der Waals surface area contributed by atoms with Gasteiger partial charge >= 0.3 is 5.97 Å². The Morgan fingerprint density at radius 2 is 2.06 bits per heavy atom. The lowest BCUT2D eigenvalue weighted by Gasteiger charge is -2.21. The second kappa shape index (κ2) is 5.81. The summed E-state index contributed by atoms with van der Waals surface area (Å²) in [6.45, 7) is 5.21. The Balaban J connectivity index is 3.06. The molecule has 0 saturated carbocycles. The summed E-state index contributed by atoms with van der Waals surface area (Å²) in [6.07, 6.45) is 0. The Morgan fingerprint density at radius 1 is 1.44 bits per heavy atom. The van der Waals surface area contributed by atoms with Crippen LogP contribution in [0.4, 0.5) is 0 Å². The average Bonchev–Trinajstić information content (AvgIpc) is 2.63. The van der Waals surface area contributed by atoms with Crippen LogP contribution in [0.2, 0.25) is 0 Å². The van der Waals surface area contributed by atoms with Crippen molar-refractivity contribution in [2.45, 2.75) is 25.0 Å². The zero-order chi connectivity index (χ0) is 13.9. The largest absolute Gasteiger partial charge is 0.480 e. The van der Waals surface area contributed by atoms with Crippen molar-refractivity contribution in [3.05, 3.63) is 17.0 Å². The summed E-state index contributed by atoms with van der Waals surface area (Å²) in [6, 6.07) is 3.23. The summed E-state index contributed by atoms with van der Waals surface area (Å²) in [7, 11) is -3.70. The van der Waals surface area contributed by atoms with Crippen molar-refractivity contribution in [1.29, 1.82) is 0 Å². The van der Waals surface area contributed by atoms with Crippen LogP contribution in [0, 0.1) is 12.8 Å². The highest BCUT2D eigenvalue weighted by molar-refractivity contribution is 7.91. The van der Waals surface area contributed by atoms with E-state index in [-0.39, 0.29) is 16.7 Å². The molecule has 0 fully saturated rings. The van der Waals surface area contributed by atoms with Crippen molar-refractivity contribution in [1.82, 2.24) is 4.31 Å². The number of carboxylic acids is 1. The lowest BCUT2D eigenvalue weighted by molar-refractivity contribution is -0.137. The van der Waals surface area contributed by atoms with Crippen LogP contribution in [0.1, 0.15) is 18.7 Å². The number of aliphatic carboxylic acids is 1. The first-order chi connectivity index (χ1) is 8.23. The fraction of sp³-hybridized carbons (Fsp3) is 0.545. The summed E-state index contributed by atoms with van der Waals surface area (Å²) in [4.78, 5) is 11.7. The van der Waals surface area contributed by atoms with Gasteiger partial charge in [0, 0.05) is 11.4 Å². The number of hydrogen-bond donors (Lipinski definition) is 1. The molecule has 18 heavy (non-hydrogen) atoms. The number of hydrogen-bond acceptors (Lipinski definition) is 4. The molecule has 0 atom stereocenters. The highest BCUT2D eigenvalue weighted by Crippen LogP contribution is 2.24. The highest BCUT2D eigenvalue weighted by Gasteiger charge is 2.28. The molecule has 1 aromatic heterocycles. The van der Waals surface area contributed by atoms with E-state index in [1.165, 1.54) is 6.07 Å². The van der Waals surface area contributed by atoms with Crippen LogP contribution in [0.5, 0.6) is 0 Å². The van der Waals surface area contributed by atoms with Crippen molar-refractivity contribution in [2.24, 2.45) is 5.92 Å². The Bertz CT molecular complexity index is 519. The van der Waals surface area contributed by atoms with E-state index >= 15 is 0 Å². The Labute approximate surface area is 111 Å². The molecule has 1 N–H and O–H groups in total. The van der Waals surface area contributed by atoms with Gasteiger partial charge in [0.25, 0.3) is 10.0 Å². The van der Waals surface area contributed by atoms with E-state index in [9.17, 15) is 13.2 Å². The second-order valence-electron chi connectivity index (χ2n) is 4.45. The normalized spacial score (nSPS) is 12.3. The van der Waals surface area contributed by atoms with E-state index < -0.39 is 22.5 Å². The number of carbonyl (C=O) groups is 1. The Kier molecular flexibility index (Phi) is 4.89. The molecular formula is C11H17NO4S2. The molecule has 7 heteroatoms. The third-order valence-electron chi connectivity index (χ3n) is 2.19. The fourth-order valence-corrected chi connectivity index (χ4v) is 4.47. The zero-order valence-electron chi connectivity index (χ0n) is 10.6. The summed E-state index contributed by atoms with van der Waals surface area (Å²) in [5.74, 6) is -1.08. The van der Waals surface area contributed by atoms with E-state index in [1.54, 1.807) is 6.07 Å². The predicted molar refractivity (Wildman–Crippen MR) is 70.3 cm³/mol. The maximum absolute atomic E-state index is 12.3. The molecule has 0 unspecified atom stereocenters. The maximum atomic E-state index is 12.3. The molecule has 0 aliphatic carbocycles. The van der Waals surface area contributed by atoms with Crippen molar-refractivity contribution < 1.29 is 18.3 Å². The highest BCUT2D eigenvalue weighted by atomic mass is 32.2. The third kappa shape index (κ3) is 3.79. The SMILES string of the molecule is Cc1ccc(S(=O)(=O)N(CC(=O)O)CC(C)C)s1. The van der Waals surface area contributed by atoms with Gasteiger partial charge in [0.05, 0.1) is 0 Å². The van der Waals surface area contributed by atoms with E-state index in [2.05, 4.69) is 0 Å². The standard InChI is InChI=1S/C11H17NO4S2/c1-8(2)6-12(7-10(13)14)18(15,16)11-5-4-9(3)17-11/h4-5,8H,6-7H2,1-3H3,(H,13,14). The number of rotatable bonds is 6. The lowest BCUT2D eigenvalue weighted by Crippen LogP contribution is -2.37. The van der Waals surface area contributed by atoms with Crippen LogP contribution in [-0.2, 0) is 14.8 Å². The average molecular weight is 291 g/mol. The van der Waals surface area contributed by atoms with E-state index in [0.717, 1.165) is 20.5 Å². The number of carboxylic acid groups (broad SMARTS) is 1. The van der Waals surface area contributed by atoms with Gasteiger partial charge in [0.15, 0.2) is 0 Å². The molecule has 0 aliphatic heterocycles. The first-order valence-corrected chi connectivity index (χ1v) is 7.77. The monoisotopic (exact) mass is 291 g/mol. The molecule has 0 bridgehead atoms. The van der Waals surface area contributed by atoms with Gasteiger partial charge in [-0.25, -0.2) is 8.42 Å². The number of thiophene rings is 1. The first-order valence-electron chi connectivity index (χ1n) is 5.52. The van der Waals surface area contributed by atoms with Gasteiger partial charge in [-0.1, -0.05) is 13.8 Å². The lowest BCUT2D eigenvalue weighted by atomic mass is 10.2. The van der Waals surface area contributed by atoms with Crippen LogP contribution < -0.4 is 0 Å². The Hall–Kier alpha value is -0.920. The molecule has 102 valence electrons. The number of aryl methyl sites for hydroxylation is 1. The van der Waals surface area contributed by atoms with Crippen molar-refractivity contribution >= 4 is 27.3 Å². The van der Waals surface area contributed by atoms with Crippen molar-refractivity contribution in [3.8, 4) is 0 Å². The molecule has 0 aromatic carbocycles. The molecule has 1 rings (SSSR count). The summed E-state index contributed by atoms with van der Waals surface area (Å²) < 4.78 is 25.8. The molecule has 1 aromatic rings. The first kappa shape index (κ1) is 15.1. The van der Waals surface area contributed by atoms with E-state index in [0.29, 0.717) is 0 Å². The number of nitrogens with zero attached hydrogens (tertiary/aromatic N) is 1. The molecule has 1 heterocycles. The van der Waals surface area contributed by atoms with Gasteiger partial charge in [-0.15, -0.1) is 11.3 Å². The Morgan fingerprint density at radius 3 is 2.44 bits per heavy atom. The summed E-state index contributed by atoms with van der Waals surface area (Å²) >= 11 is 1.15. The van der Waals surface area contributed by atoms with Crippen LogP contribution in [0.15, 0.2) is 16.3 Å². The molecule has 0 spiro atoms. The fourth-order valence-electron chi connectivity index (χ4n) is 1.48. The van der Waals surface area contributed by atoms with E-state index in [4.69, 9.17) is 5.11 Å². The van der Waals surface area contributed by atoms with E-state index in [1.807, 2.05) is 20.8 Å². The van der Waals surface area contributed by atoms with Gasteiger partial charge < -0.3 is 5.11 Å². The second-order valence-corrected chi connectivity index (χ2v) is 7.90. The minimum atomic E-state index is -3.70. The quantitative estimate of drug-likeness (QED) is 0.867. The topological polar surface area (TPSA) is 74.7 Å². The zero-order valence-corrected chi connectivity index (χ0v) is 12.2.